The van der Waals surface area contributed by atoms with Crippen molar-refractivity contribution in [2.75, 3.05) is 0 Å². The summed E-state index contributed by atoms with van der Waals surface area (Å²) in [7, 11) is 0. The fraction of sp³-hybridized carbons (Fsp3) is 0.250. The van der Waals surface area contributed by atoms with E-state index in [1.54, 1.807) is 12.1 Å². The van der Waals surface area contributed by atoms with Crippen molar-refractivity contribution in [3.05, 3.63) is 82.4 Å². The van der Waals surface area contributed by atoms with E-state index in [1.165, 1.54) is 39.6 Å². The number of benzene rings is 3. The highest BCUT2D eigenvalue weighted by Gasteiger charge is 2.30. The summed E-state index contributed by atoms with van der Waals surface area (Å²) in [5.74, 6) is -0.966. The van der Waals surface area contributed by atoms with Gasteiger partial charge in [0, 0.05) is 11.6 Å². The van der Waals surface area contributed by atoms with Crippen molar-refractivity contribution in [3.8, 4) is 0 Å². The van der Waals surface area contributed by atoms with Crippen molar-refractivity contribution < 1.29 is 14.7 Å². The number of rotatable bonds is 4. The summed E-state index contributed by atoms with van der Waals surface area (Å²) < 4.78 is 0. The van der Waals surface area contributed by atoms with Gasteiger partial charge < -0.3 is 10.4 Å². The maximum absolute atomic E-state index is 12.8. The molecule has 4 rings (SSSR count). The van der Waals surface area contributed by atoms with Crippen molar-refractivity contribution >= 4 is 22.5 Å². The molecule has 1 fully saturated rings. The number of carbonyl (C=O) groups excluding carboxylic acids is 1. The van der Waals surface area contributed by atoms with Gasteiger partial charge in [0.1, 0.15) is 0 Å². The first kappa shape index (κ1) is 18.4. The Morgan fingerprint density at radius 3 is 2.18 bits per heavy atom. The lowest BCUT2D eigenvalue weighted by molar-refractivity contribution is 0.0696. The van der Waals surface area contributed by atoms with Gasteiger partial charge in [-0.05, 0) is 72.4 Å². The zero-order valence-electron chi connectivity index (χ0n) is 16.0. The summed E-state index contributed by atoms with van der Waals surface area (Å²) in [6.07, 6.45) is 1.68. The largest absolute Gasteiger partial charge is 0.478 e. The second-order valence-corrected chi connectivity index (χ2v) is 7.60. The fourth-order valence-corrected chi connectivity index (χ4v) is 4.07. The van der Waals surface area contributed by atoms with Crippen molar-refractivity contribution in [2.24, 2.45) is 0 Å². The van der Waals surface area contributed by atoms with Gasteiger partial charge in [-0.3, -0.25) is 4.79 Å². The van der Waals surface area contributed by atoms with Crippen molar-refractivity contribution in [3.63, 3.8) is 0 Å². The fourth-order valence-electron chi connectivity index (χ4n) is 4.07. The number of Topliss-reactive ketones (excluding diaryl/α,β-unsaturated/α-hetero) is 1. The Labute approximate surface area is 164 Å². The highest BCUT2D eigenvalue weighted by molar-refractivity contribution is 6.01. The number of fused-ring (bicyclic) bond motifs is 1. The van der Waals surface area contributed by atoms with Crippen LogP contribution in [0, 0.1) is 13.8 Å². The lowest BCUT2D eigenvalue weighted by atomic mass is 9.96. The average Bonchev–Trinajstić information content (AvgIpc) is 3.20. The smallest absolute Gasteiger partial charge is 0.335 e. The summed E-state index contributed by atoms with van der Waals surface area (Å²) in [6, 6.07) is 16.9. The number of hydrogen-bond acceptors (Lipinski definition) is 3. The van der Waals surface area contributed by atoms with E-state index in [9.17, 15) is 9.59 Å². The van der Waals surface area contributed by atoms with E-state index in [0.717, 1.165) is 12.8 Å². The number of hydrogen-bond donors (Lipinski definition) is 2. The van der Waals surface area contributed by atoms with Crippen LogP contribution in [0.15, 0.2) is 54.6 Å². The van der Waals surface area contributed by atoms with E-state index in [0.29, 0.717) is 5.56 Å². The summed E-state index contributed by atoms with van der Waals surface area (Å²) >= 11 is 0. The van der Waals surface area contributed by atoms with Crippen LogP contribution in [0.3, 0.4) is 0 Å². The molecule has 1 aliphatic rings. The number of aromatic carboxylic acids is 1. The van der Waals surface area contributed by atoms with Gasteiger partial charge in [-0.15, -0.1) is 0 Å². The van der Waals surface area contributed by atoms with Gasteiger partial charge in [-0.2, -0.15) is 0 Å². The molecule has 0 saturated carbocycles. The zero-order chi connectivity index (χ0) is 19.8. The van der Waals surface area contributed by atoms with E-state index in [1.807, 2.05) is 0 Å². The lowest BCUT2D eigenvalue weighted by Crippen LogP contribution is -2.32. The number of aryl methyl sites for hydroxylation is 2. The molecule has 0 radical (unpaired) electrons. The first-order valence-electron chi connectivity index (χ1n) is 9.57. The molecule has 3 aromatic rings. The Bertz CT molecular complexity index is 1070. The molecule has 4 heteroatoms. The van der Waals surface area contributed by atoms with Crippen molar-refractivity contribution in [2.45, 2.75) is 38.8 Å². The molecule has 1 aliphatic heterocycles. The van der Waals surface area contributed by atoms with Crippen LogP contribution < -0.4 is 5.32 Å². The molecular weight excluding hydrogens is 350 g/mol. The molecule has 2 N–H and O–H groups in total. The van der Waals surface area contributed by atoms with E-state index in [-0.39, 0.29) is 23.4 Å². The van der Waals surface area contributed by atoms with Crippen LogP contribution in [0.25, 0.3) is 10.8 Å². The van der Waals surface area contributed by atoms with Gasteiger partial charge in [-0.25, -0.2) is 4.79 Å². The molecule has 28 heavy (non-hydrogen) atoms. The van der Waals surface area contributed by atoms with Gasteiger partial charge in [0.05, 0.1) is 11.6 Å². The summed E-state index contributed by atoms with van der Waals surface area (Å²) in [5, 5.41) is 15.0. The normalized spacial score (nSPS) is 19.1. The second kappa shape index (κ2) is 7.21. The van der Waals surface area contributed by atoms with Gasteiger partial charge >= 0.3 is 5.97 Å². The van der Waals surface area contributed by atoms with Crippen LogP contribution in [0.4, 0.5) is 0 Å². The molecule has 0 aromatic heterocycles. The number of carboxylic acid groups (broad SMARTS) is 1. The molecule has 4 nitrogen and oxygen atoms in total. The lowest BCUT2D eigenvalue weighted by Gasteiger charge is -2.16. The molecule has 0 aliphatic carbocycles. The van der Waals surface area contributed by atoms with Gasteiger partial charge in [0.2, 0.25) is 0 Å². The number of ketones is 1. The summed E-state index contributed by atoms with van der Waals surface area (Å²) in [4.78, 5) is 23.8. The summed E-state index contributed by atoms with van der Waals surface area (Å²) in [5.41, 5.74) is 4.47. The van der Waals surface area contributed by atoms with Gasteiger partial charge in [0.25, 0.3) is 0 Å². The Morgan fingerprint density at radius 2 is 1.50 bits per heavy atom. The van der Waals surface area contributed by atoms with Gasteiger partial charge in [-0.1, -0.05) is 36.4 Å². The number of carbonyl (C=O) groups is 2. The van der Waals surface area contributed by atoms with Crippen molar-refractivity contribution in [1.82, 2.24) is 5.32 Å². The Kier molecular flexibility index (Phi) is 4.73. The molecule has 1 saturated heterocycles. The first-order chi connectivity index (χ1) is 13.4. The minimum Gasteiger partial charge on any atom is -0.478 e. The molecule has 1 heterocycles. The molecule has 0 amide bonds. The summed E-state index contributed by atoms with van der Waals surface area (Å²) in [6.45, 7) is 4.25. The Balaban J connectivity index is 1.54. The Morgan fingerprint density at radius 1 is 0.857 bits per heavy atom. The molecule has 0 spiro atoms. The van der Waals surface area contributed by atoms with E-state index < -0.39 is 5.97 Å². The quantitative estimate of drug-likeness (QED) is 0.643. The van der Waals surface area contributed by atoms with Crippen LogP contribution in [-0.4, -0.2) is 22.9 Å². The average molecular weight is 373 g/mol. The maximum Gasteiger partial charge on any atom is 0.335 e. The first-order valence-corrected chi connectivity index (χ1v) is 9.57. The minimum absolute atomic E-state index is 0.0206. The zero-order valence-corrected chi connectivity index (χ0v) is 16.0. The molecule has 3 aromatic carbocycles. The van der Waals surface area contributed by atoms with Crippen LogP contribution in [0.5, 0.6) is 0 Å². The van der Waals surface area contributed by atoms with Crippen molar-refractivity contribution in [1.29, 1.82) is 0 Å². The number of nitrogens with one attached hydrogen (secondary N) is 1. The second-order valence-electron chi connectivity index (χ2n) is 7.60. The van der Waals surface area contributed by atoms with E-state index in [2.05, 4.69) is 49.5 Å². The van der Waals surface area contributed by atoms with E-state index in [4.69, 9.17) is 5.11 Å². The maximum atomic E-state index is 12.8. The molecule has 0 bridgehead atoms. The highest BCUT2D eigenvalue weighted by atomic mass is 16.4. The third-order valence-electron chi connectivity index (χ3n) is 5.76. The molecule has 142 valence electrons. The number of carboxylic acids is 1. The van der Waals surface area contributed by atoms with Crippen LogP contribution in [0.2, 0.25) is 0 Å². The SMILES string of the molecule is Cc1ccc(C)c2cc(C3CCC(C(=O)c4ccc(C(=O)O)cc4)N3)ccc12. The third kappa shape index (κ3) is 3.32. The topological polar surface area (TPSA) is 66.4 Å². The van der Waals surface area contributed by atoms with Crippen LogP contribution in [0.1, 0.15) is 56.3 Å². The molecular formula is C24H23NO3. The predicted octanol–water partition coefficient (Wildman–Crippen LogP) is 4.83. The van der Waals surface area contributed by atoms with Crippen LogP contribution >= 0.6 is 0 Å². The standard InChI is InChI=1S/C24H23NO3/c1-14-3-4-15(2)20-13-18(9-10-19(14)20)21-11-12-22(25-21)23(26)16-5-7-17(8-6-16)24(27)28/h3-10,13,21-22,25H,11-12H2,1-2H3,(H,27,28). The molecule has 2 atom stereocenters. The van der Waals surface area contributed by atoms with Crippen LogP contribution in [-0.2, 0) is 0 Å². The Hall–Kier alpha value is -2.98. The highest BCUT2D eigenvalue weighted by Crippen LogP contribution is 2.32. The van der Waals surface area contributed by atoms with Gasteiger partial charge in [0.15, 0.2) is 5.78 Å². The molecule has 2 unspecified atom stereocenters. The van der Waals surface area contributed by atoms with E-state index >= 15 is 0 Å². The predicted molar refractivity (Wildman–Crippen MR) is 110 cm³/mol. The third-order valence-corrected chi connectivity index (χ3v) is 5.76. The monoisotopic (exact) mass is 373 g/mol. The minimum atomic E-state index is -0.986.